The molecule has 0 unspecified atom stereocenters. The van der Waals surface area contributed by atoms with Crippen molar-refractivity contribution in [3.8, 4) is 6.07 Å². The van der Waals surface area contributed by atoms with Gasteiger partial charge in [0.25, 0.3) is 5.91 Å². The molecule has 0 spiro atoms. The third-order valence-electron chi connectivity index (χ3n) is 4.63. The fourth-order valence-electron chi connectivity index (χ4n) is 3.16. The third-order valence-corrected chi connectivity index (χ3v) is 6.15. The van der Waals surface area contributed by atoms with Gasteiger partial charge in [0.05, 0.1) is 0 Å². The van der Waals surface area contributed by atoms with Crippen LogP contribution in [0.15, 0.2) is 72.4 Å². The van der Waals surface area contributed by atoms with Gasteiger partial charge in [0.15, 0.2) is 5.13 Å². The Labute approximate surface area is 193 Å². The molecule has 1 N–H and O–H groups in total. The molecule has 1 heterocycles. The van der Waals surface area contributed by atoms with Gasteiger partial charge in [0.1, 0.15) is 11.6 Å². The van der Waals surface area contributed by atoms with Crippen LogP contribution in [0.5, 0.6) is 0 Å². The molecule has 0 bridgehead atoms. The van der Waals surface area contributed by atoms with E-state index in [4.69, 9.17) is 23.2 Å². The number of hydrogen-bond donors (Lipinski definition) is 1. The lowest BCUT2D eigenvalue weighted by Crippen LogP contribution is -2.13. The molecule has 3 aromatic carbocycles. The topological polar surface area (TPSA) is 65.8 Å². The molecule has 0 aliphatic rings. The normalized spacial score (nSPS) is 11.3. The number of nitrogens with one attached hydrogen (secondary N) is 1. The minimum Gasteiger partial charge on any atom is -0.297 e. The van der Waals surface area contributed by atoms with Gasteiger partial charge < -0.3 is 0 Å². The molecule has 4 rings (SSSR count). The van der Waals surface area contributed by atoms with Crippen LogP contribution in [0, 0.1) is 11.3 Å². The number of halogens is 2. The van der Waals surface area contributed by atoms with Crippen molar-refractivity contribution in [2.24, 2.45) is 0 Å². The number of carbonyl (C=O) groups is 1. The van der Waals surface area contributed by atoms with Gasteiger partial charge in [0.2, 0.25) is 0 Å². The first-order valence-electron chi connectivity index (χ1n) is 9.33. The van der Waals surface area contributed by atoms with Crippen LogP contribution in [0.3, 0.4) is 0 Å². The average molecular weight is 464 g/mol. The lowest BCUT2D eigenvalue weighted by molar-refractivity contribution is -0.112. The summed E-state index contributed by atoms with van der Waals surface area (Å²) in [5.41, 5.74) is 1.69. The zero-order chi connectivity index (χ0) is 21.8. The van der Waals surface area contributed by atoms with Crippen molar-refractivity contribution in [3.63, 3.8) is 0 Å². The maximum Gasteiger partial charge on any atom is 0.268 e. The standard InChI is InChI=1S/C24H15Cl2N3OS/c25-19-8-9-22(26)17(11-19)12-20-14-28-24(31-20)29-23(30)18(13-27)10-16-6-3-5-15-4-1-2-7-21(15)16/h1-11,14H,12H2,(H,28,29,30)/b18-10+. The largest absolute Gasteiger partial charge is 0.297 e. The van der Waals surface area contributed by atoms with E-state index < -0.39 is 5.91 Å². The van der Waals surface area contributed by atoms with Crippen molar-refractivity contribution in [1.82, 2.24) is 4.98 Å². The first-order valence-corrected chi connectivity index (χ1v) is 10.9. The van der Waals surface area contributed by atoms with E-state index >= 15 is 0 Å². The smallest absolute Gasteiger partial charge is 0.268 e. The summed E-state index contributed by atoms with van der Waals surface area (Å²) in [5, 5.41) is 15.9. The fraction of sp³-hybridized carbons (Fsp3) is 0.0417. The van der Waals surface area contributed by atoms with E-state index in [-0.39, 0.29) is 5.57 Å². The van der Waals surface area contributed by atoms with Crippen molar-refractivity contribution in [3.05, 3.63) is 98.5 Å². The quantitative estimate of drug-likeness (QED) is 0.263. The van der Waals surface area contributed by atoms with Crippen LogP contribution in [-0.2, 0) is 11.2 Å². The molecule has 31 heavy (non-hydrogen) atoms. The van der Waals surface area contributed by atoms with Gasteiger partial charge in [-0.05, 0) is 46.2 Å². The Morgan fingerprint density at radius 2 is 1.94 bits per heavy atom. The number of carbonyl (C=O) groups excluding carboxylic acids is 1. The van der Waals surface area contributed by atoms with E-state index in [9.17, 15) is 10.1 Å². The summed E-state index contributed by atoms with van der Waals surface area (Å²) < 4.78 is 0. The Balaban J connectivity index is 1.53. The van der Waals surface area contributed by atoms with Crippen LogP contribution >= 0.6 is 34.5 Å². The number of anilines is 1. The predicted octanol–water partition coefficient (Wildman–Crippen LogP) is 6.74. The minimum atomic E-state index is -0.503. The number of aromatic nitrogens is 1. The average Bonchev–Trinajstić information content (AvgIpc) is 3.21. The van der Waals surface area contributed by atoms with Gasteiger partial charge in [-0.1, -0.05) is 65.7 Å². The van der Waals surface area contributed by atoms with Crippen molar-refractivity contribution < 1.29 is 4.79 Å². The maximum absolute atomic E-state index is 12.7. The molecule has 0 aliphatic carbocycles. The fourth-order valence-corrected chi connectivity index (χ4v) is 4.37. The van der Waals surface area contributed by atoms with Crippen LogP contribution in [0.1, 0.15) is 16.0 Å². The zero-order valence-electron chi connectivity index (χ0n) is 16.1. The molecule has 4 aromatic rings. The Morgan fingerprint density at radius 3 is 2.77 bits per heavy atom. The maximum atomic E-state index is 12.7. The molecule has 0 radical (unpaired) electrons. The number of nitriles is 1. The number of rotatable bonds is 5. The second-order valence-corrected chi connectivity index (χ2v) is 8.70. The monoisotopic (exact) mass is 463 g/mol. The van der Waals surface area contributed by atoms with Crippen LogP contribution < -0.4 is 5.32 Å². The number of hydrogen-bond acceptors (Lipinski definition) is 4. The SMILES string of the molecule is N#C/C(=C\c1cccc2ccccc12)C(=O)Nc1ncc(Cc2cc(Cl)ccc2Cl)s1. The van der Waals surface area contributed by atoms with E-state index in [0.717, 1.165) is 26.8 Å². The number of benzene rings is 3. The number of fused-ring (bicyclic) bond motifs is 1. The molecule has 4 nitrogen and oxygen atoms in total. The van der Waals surface area contributed by atoms with Gasteiger partial charge >= 0.3 is 0 Å². The van der Waals surface area contributed by atoms with Crippen molar-refractivity contribution in [1.29, 1.82) is 5.26 Å². The number of nitrogens with zero attached hydrogens (tertiary/aromatic N) is 2. The molecule has 1 amide bonds. The highest BCUT2D eigenvalue weighted by Gasteiger charge is 2.13. The second kappa shape index (κ2) is 9.32. The van der Waals surface area contributed by atoms with E-state index in [1.165, 1.54) is 11.3 Å². The minimum absolute atomic E-state index is 0.00555. The summed E-state index contributed by atoms with van der Waals surface area (Å²) in [5.74, 6) is -0.503. The van der Waals surface area contributed by atoms with Crippen molar-refractivity contribution in [2.75, 3.05) is 5.32 Å². The van der Waals surface area contributed by atoms with Gasteiger partial charge in [-0.3, -0.25) is 10.1 Å². The van der Waals surface area contributed by atoms with Gasteiger partial charge in [0, 0.05) is 27.5 Å². The Kier molecular flexibility index (Phi) is 6.34. The predicted molar refractivity (Wildman–Crippen MR) is 128 cm³/mol. The van der Waals surface area contributed by atoms with Crippen LogP contribution in [-0.4, -0.2) is 10.9 Å². The zero-order valence-corrected chi connectivity index (χ0v) is 18.4. The van der Waals surface area contributed by atoms with E-state index in [0.29, 0.717) is 21.6 Å². The van der Waals surface area contributed by atoms with Gasteiger partial charge in [-0.25, -0.2) is 4.98 Å². The highest BCUT2D eigenvalue weighted by molar-refractivity contribution is 7.15. The highest BCUT2D eigenvalue weighted by Crippen LogP contribution is 2.27. The van der Waals surface area contributed by atoms with Crippen LogP contribution in [0.4, 0.5) is 5.13 Å². The van der Waals surface area contributed by atoms with E-state index in [1.807, 2.05) is 54.6 Å². The summed E-state index contributed by atoms with van der Waals surface area (Å²) in [6.45, 7) is 0. The Morgan fingerprint density at radius 1 is 1.13 bits per heavy atom. The summed E-state index contributed by atoms with van der Waals surface area (Å²) in [4.78, 5) is 17.8. The number of thiazole rings is 1. The molecule has 0 saturated heterocycles. The number of amides is 1. The van der Waals surface area contributed by atoms with Crippen molar-refractivity contribution in [2.45, 2.75) is 6.42 Å². The van der Waals surface area contributed by atoms with Crippen molar-refractivity contribution >= 4 is 62.4 Å². The molecular weight excluding hydrogens is 449 g/mol. The van der Waals surface area contributed by atoms with Gasteiger partial charge in [-0.15, -0.1) is 11.3 Å². The first-order chi connectivity index (χ1) is 15.0. The molecule has 1 aromatic heterocycles. The molecule has 0 aliphatic heterocycles. The Hall–Kier alpha value is -3.17. The van der Waals surface area contributed by atoms with Crippen LogP contribution in [0.25, 0.3) is 16.8 Å². The lowest BCUT2D eigenvalue weighted by Gasteiger charge is -2.04. The van der Waals surface area contributed by atoms with E-state index in [1.54, 1.807) is 24.4 Å². The Bertz CT molecular complexity index is 1350. The third kappa shape index (κ3) is 4.95. The van der Waals surface area contributed by atoms with E-state index in [2.05, 4.69) is 10.3 Å². The van der Waals surface area contributed by atoms with Gasteiger partial charge in [-0.2, -0.15) is 5.26 Å². The summed E-state index contributed by atoms with van der Waals surface area (Å²) in [7, 11) is 0. The molecule has 0 saturated carbocycles. The second-order valence-electron chi connectivity index (χ2n) is 6.74. The first kappa shape index (κ1) is 21.1. The molecule has 0 fully saturated rings. The molecule has 7 heteroatoms. The lowest BCUT2D eigenvalue weighted by atomic mass is 10.0. The molecule has 0 atom stereocenters. The highest BCUT2D eigenvalue weighted by atomic mass is 35.5. The summed E-state index contributed by atoms with van der Waals surface area (Å²) in [6, 6.07) is 20.9. The molecule has 152 valence electrons. The summed E-state index contributed by atoms with van der Waals surface area (Å²) in [6.07, 6.45) is 3.82. The molecular formula is C24H15Cl2N3OS. The summed E-state index contributed by atoms with van der Waals surface area (Å²) >= 11 is 13.6. The van der Waals surface area contributed by atoms with Crippen LogP contribution in [0.2, 0.25) is 10.0 Å².